The lowest BCUT2D eigenvalue weighted by Gasteiger charge is -2.11. The van der Waals surface area contributed by atoms with Crippen molar-refractivity contribution >= 4 is 38.9 Å². The summed E-state index contributed by atoms with van der Waals surface area (Å²) in [5.41, 5.74) is 0.524. The van der Waals surface area contributed by atoms with E-state index in [2.05, 4.69) is 10.0 Å². The van der Waals surface area contributed by atoms with Gasteiger partial charge in [0, 0.05) is 5.69 Å². The molecule has 29 heavy (non-hydrogen) atoms. The number of anilines is 2. The summed E-state index contributed by atoms with van der Waals surface area (Å²) in [6.07, 6.45) is 0. The molecular formula is C20H16ClFN2O4S. The summed E-state index contributed by atoms with van der Waals surface area (Å²) in [5.74, 6) is -0.574. The number of amides is 1. The normalized spacial score (nSPS) is 11.0. The Labute approximate surface area is 172 Å². The number of carbonyl (C=O) groups excluding carboxylic acids is 1. The van der Waals surface area contributed by atoms with E-state index in [1.807, 2.05) is 0 Å². The molecule has 0 spiro atoms. The SMILES string of the molecule is O=C(COc1ccc(F)cc1)Nc1cccc(S(=O)(=O)Nc2ccccc2Cl)c1. The molecule has 3 aromatic rings. The maximum absolute atomic E-state index is 12.9. The van der Waals surface area contributed by atoms with Crippen molar-refractivity contribution in [2.75, 3.05) is 16.6 Å². The van der Waals surface area contributed by atoms with E-state index >= 15 is 0 Å². The first-order valence-corrected chi connectivity index (χ1v) is 10.3. The molecular weight excluding hydrogens is 419 g/mol. The predicted octanol–water partition coefficient (Wildman–Crippen LogP) is 4.30. The van der Waals surface area contributed by atoms with Gasteiger partial charge in [-0.15, -0.1) is 0 Å². The zero-order valence-electron chi connectivity index (χ0n) is 14.9. The predicted molar refractivity (Wildman–Crippen MR) is 109 cm³/mol. The molecule has 0 aliphatic heterocycles. The van der Waals surface area contributed by atoms with Gasteiger partial charge in [0.25, 0.3) is 15.9 Å². The third kappa shape index (κ3) is 5.69. The fourth-order valence-corrected chi connectivity index (χ4v) is 3.73. The maximum Gasteiger partial charge on any atom is 0.262 e. The largest absolute Gasteiger partial charge is 0.484 e. The van der Waals surface area contributed by atoms with Gasteiger partial charge in [-0.25, -0.2) is 12.8 Å². The van der Waals surface area contributed by atoms with Gasteiger partial charge in [0.15, 0.2) is 6.61 Å². The van der Waals surface area contributed by atoms with Crippen LogP contribution >= 0.6 is 11.6 Å². The quantitative estimate of drug-likeness (QED) is 0.580. The highest BCUT2D eigenvalue weighted by Crippen LogP contribution is 2.25. The Hall–Kier alpha value is -3.10. The molecule has 0 radical (unpaired) electrons. The van der Waals surface area contributed by atoms with Crippen LogP contribution in [0.15, 0.2) is 77.7 Å². The average Bonchev–Trinajstić information content (AvgIpc) is 2.69. The first-order chi connectivity index (χ1) is 13.8. The lowest BCUT2D eigenvalue weighted by molar-refractivity contribution is -0.118. The van der Waals surface area contributed by atoms with Crippen LogP contribution < -0.4 is 14.8 Å². The van der Waals surface area contributed by atoms with E-state index in [-0.39, 0.29) is 27.9 Å². The third-order valence-corrected chi connectivity index (χ3v) is 5.42. The smallest absolute Gasteiger partial charge is 0.262 e. The van der Waals surface area contributed by atoms with E-state index in [1.165, 1.54) is 48.5 Å². The van der Waals surface area contributed by atoms with E-state index in [0.717, 1.165) is 0 Å². The van der Waals surface area contributed by atoms with Crippen molar-refractivity contribution in [1.82, 2.24) is 0 Å². The maximum atomic E-state index is 12.9. The van der Waals surface area contributed by atoms with Gasteiger partial charge in [-0.05, 0) is 54.6 Å². The molecule has 2 N–H and O–H groups in total. The second-order valence-electron chi connectivity index (χ2n) is 5.90. The number of rotatable bonds is 7. The molecule has 150 valence electrons. The molecule has 0 fully saturated rings. The Bertz CT molecular complexity index is 1120. The lowest BCUT2D eigenvalue weighted by atomic mass is 10.3. The summed E-state index contributed by atoms with van der Waals surface area (Å²) in [6, 6.07) is 17.4. The van der Waals surface area contributed by atoms with Crippen LogP contribution in [0.3, 0.4) is 0 Å². The molecule has 3 rings (SSSR count). The number of ether oxygens (including phenoxy) is 1. The van der Waals surface area contributed by atoms with Gasteiger partial charge in [0.1, 0.15) is 11.6 Å². The Morgan fingerprint density at radius 1 is 1.00 bits per heavy atom. The van der Waals surface area contributed by atoms with Crippen LogP contribution in [0.4, 0.5) is 15.8 Å². The number of sulfonamides is 1. The van der Waals surface area contributed by atoms with Crippen LogP contribution in [0.5, 0.6) is 5.75 Å². The van der Waals surface area contributed by atoms with Crippen LogP contribution in [0, 0.1) is 5.82 Å². The molecule has 0 unspecified atom stereocenters. The van der Waals surface area contributed by atoms with Crippen molar-refractivity contribution in [1.29, 1.82) is 0 Å². The number of carbonyl (C=O) groups is 1. The second kappa shape index (κ2) is 8.93. The van der Waals surface area contributed by atoms with Crippen molar-refractivity contribution in [3.8, 4) is 5.75 Å². The van der Waals surface area contributed by atoms with Gasteiger partial charge < -0.3 is 10.1 Å². The van der Waals surface area contributed by atoms with Crippen LogP contribution in [0.25, 0.3) is 0 Å². The van der Waals surface area contributed by atoms with Crippen molar-refractivity contribution in [3.63, 3.8) is 0 Å². The zero-order valence-corrected chi connectivity index (χ0v) is 16.5. The van der Waals surface area contributed by atoms with E-state index in [4.69, 9.17) is 16.3 Å². The Morgan fingerprint density at radius 3 is 2.45 bits per heavy atom. The van der Waals surface area contributed by atoms with E-state index in [1.54, 1.807) is 24.3 Å². The Morgan fingerprint density at radius 2 is 1.72 bits per heavy atom. The number of hydrogen-bond acceptors (Lipinski definition) is 4. The minimum atomic E-state index is -3.91. The van der Waals surface area contributed by atoms with Gasteiger partial charge in [0.05, 0.1) is 15.6 Å². The van der Waals surface area contributed by atoms with Crippen molar-refractivity contribution in [3.05, 3.63) is 83.6 Å². The first-order valence-electron chi connectivity index (χ1n) is 8.39. The van der Waals surface area contributed by atoms with Crippen LogP contribution in [0.1, 0.15) is 0 Å². The van der Waals surface area contributed by atoms with Crippen molar-refractivity contribution in [2.24, 2.45) is 0 Å². The number of halogens is 2. The summed E-state index contributed by atoms with van der Waals surface area (Å²) < 4.78 is 45.7. The Balaban J connectivity index is 1.66. The van der Waals surface area contributed by atoms with Gasteiger partial charge in [0.2, 0.25) is 0 Å². The van der Waals surface area contributed by atoms with Gasteiger partial charge in [-0.3, -0.25) is 9.52 Å². The van der Waals surface area contributed by atoms with Crippen molar-refractivity contribution < 1.29 is 22.3 Å². The number of hydrogen-bond donors (Lipinski definition) is 2. The first kappa shape index (κ1) is 20.6. The standard InChI is InChI=1S/C20H16ClFN2O4S/c21-18-6-1-2-7-19(18)24-29(26,27)17-5-3-4-15(12-17)23-20(25)13-28-16-10-8-14(22)9-11-16/h1-12,24H,13H2,(H,23,25). The highest BCUT2D eigenvalue weighted by atomic mass is 35.5. The molecule has 0 saturated carbocycles. The van der Waals surface area contributed by atoms with Crippen molar-refractivity contribution in [2.45, 2.75) is 4.90 Å². The highest BCUT2D eigenvalue weighted by molar-refractivity contribution is 7.92. The van der Waals surface area contributed by atoms with Crippen LogP contribution in [0.2, 0.25) is 5.02 Å². The highest BCUT2D eigenvalue weighted by Gasteiger charge is 2.16. The molecule has 0 saturated heterocycles. The second-order valence-corrected chi connectivity index (χ2v) is 7.99. The third-order valence-electron chi connectivity index (χ3n) is 3.73. The van der Waals surface area contributed by atoms with E-state index in [0.29, 0.717) is 5.75 Å². The molecule has 0 aliphatic rings. The molecule has 3 aromatic carbocycles. The van der Waals surface area contributed by atoms with Gasteiger partial charge in [-0.1, -0.05) is 29.8 Å². The number of nitrogens with one attached hydrogen (secondary N) is 2. The average molecular weight is 435 g/mol. The molecule has 0 heterocycles. The number of benzene rings is 3. The molecule has 0 aromatic heterocycles. The monoisotopic (exact) mass is 434 g/mol. The Kier molecular flexibility index (Phi) is 6.36. The molecule has 9 heteroatoms. The molecule has 0 aliphatic carbocycles. The number of para-hydroxylation sites is 1. The lowest BCUT2D eigenvalue weighted by Crippen LogP contribution is -2.20. The summed E-state index contributed by atoms with van der Waals surface area (Å²) >= 11 is 5.99. The topological polar surface area (TPSA) is 84.5 Å². The summed E-state index contributed by atoms with van der Waals surface area (Å²) in [7, 11) is -3.91. The van der Waals surface area contributed by atoms with Gasteiger partial charge in [-0.2, -0.15) is 0 Å². The van der Waals surface area contributed by atoms with E-state index in [9.17, 15) is 17.6 Å². The zero-order chi connectivity index (χ0) is 20.9. The summed E-state index contributed by atoms with van der Waals surface area (Å²) in [5, 5.41) is 2.82. The molecule has 0 atom stereocenters. The fraction of sp³-hybridized carbons (Fsp3) is 0.0500. The molecule has 0 bridgehead atoms. The van der Waals surface area contributed by atoms with Crippen LogP contribution in [-0.4, -0.2) is 20.9 Å². The van der Waals surface area contributed by atoms with Crippen LogP contribution in [-0.2, 0) is 14.8 Å². The minimum absolute atomic E-state index is 0.0466. The minimum Gasteiger partial charge on any atom is -0.484 e. The summed E-state index contributed by atoms with van der Waals surface area (Å²) in [4.78, 5) is 12.0. The fourth-order valence-electron chi connectivity index (χ4n) is 2.37. The molecule has 1 amide bonds. The van der Waals surface area contributed by atoms with E-state index < -0.39 is 21.7 Å². The molecule has 6 nitrogen and oxygen atoms in total. The van der Waals surface area contributed by atoms with Gasteiger partial charge >= 0.3 is 0 Å². The summed E-state index contributed by atoms with van der Waals surface area (Å²) in [6.45, 7) is -0.319.